The van der Waals surface area contributed by atoms with Crippen molar-refractivity contribution < 1.29 is 13.9 Å². The Kier molecular flexibility index (Phi) is 8.74. The molecule has 4 N–H and O–H groups in total. The van der Waals surface area contributed by atoms with Crippen LogP contribution in [0.5, 0.6) is 0 Å². The number of halogens is 5. The quantitative estimate of drug-likeness (QED) is 0.160. The van der Waals surface area contributed by atoms with Gasteiger partial charge < -0.3 is 21.1 Å². The number of hydrogen-bond donors (Lipinski definition) is 3. The largest absolute Gasteiger partial charge is 0.357 e. The number of nitrogens with one attached hydrogen (secondary N) is 2. The highest BCUT2D eigenvalue weighted by atomic mass is 127. The number of nitrogens with zero attached hydrogens (tertiary/aromatic N) is 1. The molecule has 0 saturated carbocycles. The van der Waals surface area contributed by atoms with Crippen molar-refractivity contribution in [1.29, 1.82) is 0 Å². The highest BCUT2D eigenvalue weighted by molar-refractivity contribution is 14.1. The van der Waals surface area contributed by atoms with Gasteiger partial charge in [0.25, 0.3) is 5.91 Å². The molecule has 5 atom stereocenters. The van der Waals surface area contributed by atoms with Crippen LogP contribution >= 0.6 is 57.4 Å². The maximum atomic E-state index is 14.3. The summed E-state index contributed by atoms with van der Waals surface area (Å²) >= 11 is 20.5. The average molecular weight is 632 g/mol. The smallest absolute Gasteiger partial charge is 0.255 e. The predicted octanol–water partition coefficient (Wildman–Crippen LogP) is 4.62. The zero-order valence-corrected chi connectivity index (χ0v) is 22.9. The number of ether oxygens (including phenoxy) is 1. The van der Waals surface area contributed by atoms with Crippen molar-refractivity contribution in [3.8, 4) is 0 Å². The normalized spacial score (nSPS) is 24.8. The summed E-state index contributed by atoms with van der Waals surface area (Å²) in [4.78, 5) is 17.8. The highest BCUT2D eigenvalue weighted by Crippen LogP contribution is 2.38. The summed E-state index contributed by atoms with van der Waals surface area (Å²) in [6, 6.07) is 2.96. The number of carbonyl (C=O) groups excluding carboxylic acids is 1. The van der Waals surface area contributed by atoms with Crippen molar-refractivity contribution in [2.75, 3.05) is 13.7 Å². The maximum Gasteiger partial charge on any atom is 0.255 e. The minimum absolute atomic E-state index is 0.0446. The van der Waals surface area contributed by atoms with Gasteiger partial charge in [0, 0.05) is 34.8 Å². The summed E-state index contributed by atoms with van der Waals surface area (Å²) in [5.41, 5.74) is 5.36. The number of alkyl halides is 2. The van der Waals surface area contributed by atoms with Crippen LogP contribution in [-0.4, -0.2) is 52.8 Å². The van der Waals surface area contributed by atoms with Crippen molar-refractivity contribution in [3.05, 3.63) is 44.4 Å². The summed E-state index contributed by atoms with van der Waals surface area (Å²) in [5.74, 6) is -0.504. The molecule has 6 nitrogen and oxygen atoms in total. The van der Waals surface area contributed by atoms with Gasteiger partial charge in [-0.1, -0.05) is 47.8 Å². The third kappa shape index (κ3) is 5.68. The molecule has 1 amide bonds. The van der Waals surface area contributed by atoms with E-state index in [1.165, 1.54) is 7.11 Å². The molecule has 3 unspecified atom stereocenters. The molecule has 2 heterocycles. The summed E-state index contributed by atoms with van der Waals surface area (Å²) < 4.78 is 18.7. The van der Waals surface area contributed by atoms with Crippen LogP contribution in [0.25, 0.3) is 0 Å². The monoisotopic (exact) mass is 630 g/mol. The van der Waals surface area contributed by atoms with E-state index in [0.29, 0.717) is 33.6 Å². The fourth-order valence-corrected chi connectivity index (χ4v) is 5.49. The first-order valence-corrected chi connectivity index (χ1v) is 12.9. The molecule has 2 aliphatic heterocycles. The van der Waals surface area contributed by atoms with E-state index >= 15 is 0 Å². The number of hydrogen-bond acceptors (Lipinski definition) is 5. The number of benzene rings is 1. The zero-order chi connectivity index (χ0) is 24.6. The molecule has 33 heavy (non-hydrogen) atoms. The second kappa shape index (κ2) is 10.6. The molecule has 0 aromatic heterocycles. The maximum absolute atomic E-state index is 14.3. The zero-order valence-electron chi connectivity index (χ0n) is 18.5. The van der Waals surface area contributed by atoms with Gasteiger partial charge in [-0.25, -0.2) is 4.39 Å². The molecule has 0 spiro atoms. The Balaban J connectivity index is 1.93. The van der Waals surface area contributed by atoms with E-state index in [1.807, 2.05) is 6.92 Å². The predicted molar refractivity (Wildman–Crippen MR) is 141 cm³/mol. The lowest BCUT2D eigenvalue weighted by Crippen LogP contribution is -2.72. The molecule has 2 aliphatic rings. The molecular weight excluding hydrogens is 605 g/mol. The summed E-state index contributed by atoms with van der Waals surface area (Å²) in [5, 5.41) is 7.26. The van der Waals surface area contributed by atoms with Gasteiger partial charge in [0.1, 0.15) is 0 Å². The fraction of sp³-hybridized carbons (Fsp3) is 0.545. The van der Waals surface area contributed by atoms with E-state index in [2.05, 4.69) is 15.6 Å². The Morgan fingerprint density at radius 1 is 1.42 bits per heavy atom. The molecule has 3 rings (SSSR count). The molecular formula is C22H27Cl3FIN4O2. The van der Waals surface area contributed by atoms with Gasteiger partial charge in [-0.2, -0.15) is 0 Å². The Hall–Kier alpha value is -0.490. The van der Waals surface area contributed by atoms with Crippen molar-refractivity contribution >= 4 is 69.0 Å². The molecule has 1 saturated heterocycles. The van der Waals surface area contributed by atoms with Gasteiger partial charge >= 0.3 is 0 Å². The average Bonchev–Trinajstić information content (AvgIpc) is 3.61. The van der Waals surface area contributed by atoms with Gasteiger partial charge in [-0.3, -0.25) is 9.79 Å². The SMILES string of the molecule is CCC1CC=C(C(=O)N[C@@](C)(OC)[C@](N)(Cc2c(Cl)cc(Cl)cc2Cl)C2CN2)C(C(F)I)=N1. The molecule has 0 bridgehead atoms. The first-order chi connectivity index (χ1) is 15.5. The van der Waals surface area contributed by atoms with Gasteiger partial charge in [0.05, 0.1) is 22.9 Å². The second-order valence-electron chi connectivity index (χ2n) is 8.45. The molecule has 1 fully saturated rings. The minimum atomic E-state index is -1.41. The molecule has 1 aromatic rings. The summed E-state index contributed by atoms with van der Waals surface area (Å²) in [6.07, 6.45) is 3.24. The minimum Gasteiger partial charge on any atom is -0.357 e. The van der Waals surface area contributed by atoms with Crippen molar-refractivity contribution in [1.82, 2.24) is 10.6 Å². The Morgan fingerprint density at radius 2 is 2.03 bits per heavy atom. The van der Waals surface area contributed by atoms with Crippen LogP contribution in [0.2, 0.25) is 15.1 Å². The van der Waals surface area contributed by atoms with E-state index in [-0.39, 0.29) is 29.8 Å². The number of aliphatic imine (C=N–C) groups is 1. The standard InChI is InChI=1S/C22H27Cl3FIN4O2/c1-4-12-5-6-13(18(30-12)19(26)27)20(32)31-21(2,33-3)22(28,17-10-29-17)9-14-15(24)7-11(23)8-16(14)25/h6-8,12,17,19,29H,4-5,9-10,28H2,1-3H3,(H,31,32)/t12?,17?,19?,21-,22-/m0/s1. The van der Waals surface area contributed by atoms with Crippen LogP contribution in [0, 0.1) is 0 Å². The van der Waals surface area contributed by atoms with E-state index in [0.717, 1.165) is 6.42 Å². The van der Waals surface area contributed by atoms with Crippen molar-refractivity contribution in [2.45, 2.75) is 60.6 Å². The lowest BCUT2D eigenvalue weighted by atomic mass is 9.78. The topological polar surface area (TPSA) is 98.6 Å². The van der Waals surface area contributed by atoms with Crippen LogP contribution in [0.15, 0.2) is 28.8 Å². The van der Waals surface area contributed by atoms with Crippen LogP contribution in [0.4, 0.5) is 4.39 Å². The van der Waals surface area contributed by atoms with E-state index in [4.69, 9.17) is 45.3 Å². The molecule has 0 radical (unpaired) electrons. The van der Waals surface area contributed by atoms with Crippen LogP contribution in [0.1, 0.15) is 32.3 Å². The third-order valence-electron chi connectivity index (χ3n) is 6.37. The first kappa shape index (κ1) is 27.1. The van der Waals surface area contributed by atoms with E-state index in [1.54, 1.807) is 47.7 Å². The lowest BCUT2D eigenvalue weighted by Gasteiger charge is -2.46. The van der Waals surface area contributed by atoms with E-state index in [9.17, 15) is 9.18 Å². The Morgan fingerprint density at radius 3 is 2.52 bits per heavy atom. The molecule has 0 aliphatic carbocycles. The number of amides is 1. The van der Waals surface area contributed by atoms with E-state index < -0.39 is 21.3 Å². The number of carbonyl (C=O) groups is 1. The Labute approximate surface area is 222 Å². The van der Waals surface area contributed by atoms with Gasteiger partial charge in [-0.15, -0.1) is 0 Å². The molecule has 182 valence electrons. The highest BCUT2D eigenvalue weighted by Gasteiger charge is 2.56. The number of methoxy groups -OCH3 is 1. The van der Waals surface area contributed by atoms with Crippen molar-refractivity contribution in [2.24, 2.45) is 10.7 Å². The molecule has 11 heteroatoms. The second-order valence-corrected chi connectivity index (χ2v) is 10.8. The van der Waals surface area contributed by atoms with Gasteiger partial charge in [0.15, 0.2) is 9.90 Å². The number of dihydropyridines is 1. The van der Waals surface area contributed by atoms with Gasteiger partial charge in [-0.05, 0) is 66.5 Å². The summed E-state index contributed by atoms with van der Waals surface area (Å²) in [6.45, 7) is 4.29. The number of nitrogens with two attached hydrogens (primary N) is 1. The molecule has 1 aromatic carbocycles. The van der Waals surface area contributed by atoms with Crippen LogP contribution in [0.3, 0.4) is 0 Å². The third-order valence-corrected chi connectivity index (χ3v) is 7.85. The van der Waals surface area contributed by atoms with Gasteiger partial charge in [0.2, 0.25) is 0 Å². The van der Waals surface area contributed by atoms with Crippen LogP contribution in [-0.2, 0) is 16.0 Å². The fourth-order valence-electron chi connectivity index (χ4n) is 4.04. The first-order valence-electron chi connectivity index (χ1n) is 10.6. The number of rotatable bonds is 9. The van der Waals surface area contributed by atoms with Crippen molar-refractivity contribution in [3.63, 3.8) is 0 Å². The lowest BCUT2D eigenvalue weighted by molar-refractivity contribution is -0.134. The Bertz CT molecular complexity index is 965. The van der Waals surface area contributed by atoms with Crippen LogP contribution < -0.4 is 16.4 Å². The summed E-state index contributed by atoms with van der Waals surface area (Å²) in [7, 11) is 1.46.